The Labute approximate surface area is 127 Å². The Morgan fingerprint density at radius 2 is 1.95 bits per heavy atom. The van der Waals surface area contributed by atoms with Crippen LogP contribution in [0.4, 0.5) is 13.2 Å². The van der Waals surface area contributed by atoms with Crippen molar-refractivity contribution in [2.24, 2.45) is 5.92 Å². The van der Waals surface area contributed by atoms with E-state index in [1.807, 2.05) is 0 Å². The molecule has 1 aromatic rings. The molecule has 1 saturated carbocycles. The first-order valence-corrected chi connectivity index (χ1v) is 7.44. The zero-order valence-corrected chi connectivity index (χ0v) is 12.5. The highest BCUT2D eigenvalue weighted by molar-refractivity contribution is 5.77. The molecule has 3 nitrogen and oxygen atoms in total. The average molecular weight is 315 g/mol. The summed E-state index contributed by atoms with van der Waals surface area (Å²) in [5.41, 5.74) is -0.785. The predicted octanol–water partition coefficient (Wildman–Crippen LogP) is 3.78. The summed E-state index contributed by atoms with van der Waals surface area (Å²) in [5, 5.41) is 2.87. The van der Waals surface area contributed by atoms with Crippen molar-refractivity contribution in [2.45, 2.75) is 44.8 Å². The van der Waals surface area contributed by atoms with E-state index in [0.29, 0.717) is 5.92 Å². The molecule has 1 aliphatic rings. The number of alkyl halides is 3. The van der Waals surface area contributed by atoms with Gasteiger partial charge in [0.05, 0.1) is 5.56 Å². The van der Waals surface area contributed by atoms with E-state index in [1.165, 1.54) is 12.1 Å². The highest BCUT2D eigenvalue weighted by Crippen LogP contribution is 2.31. The van der Waals surface area contributed by atoms with Crippen molar-refractivity contribution >= 4 is 5.91 Å². The number of carbonyl (C=O) groups excluding carboxylic acids is 1. The van der Waals surface area contributed by atoms with Crippen molar-refractivity contribution in [1.82, 2.24) is 5.32 Å². The molecule has 0 aliphatic heterocycles. The van der Waals surface area contributed by atoms with Gasteiger partial charge in [-0.3, -0.25) is 4.79 Å². The van der Waals surface area contributed by atoms with Crippen molar-refractivity contribution in [1.29, 1.82) is 0 Å². The van der Waals surface area contributed by atoms with E-state index in [-0.39, 0.29) is 24.3 Å². The van der Waals surface area contributed by atoms with E-state index in [2.05, 4.69) is 12.2 Å². The number of hydrogen-bond acceptors (Lipinski definition) is 2. The molecular weight excluding hydrogens is 295 g/mol. The summed E-state index contributed by atoms with van der Waals surface area (Å²) in [6, 6.07) is 4.68. The second kappa shape index (κ2) is 7.03. The van der Waals surface area contributed by atoms with Crippen LogP contribution in [0.15, 0.2) is 24.3 Å². The summed E-state index contributed by atoms with van der Waals surface area (Å²) in [6.07, 6.45) is -0.369. The third-order valence-corrected chi connectivity index (χ3v) is 3.91. The molecule has 1 fully saturated rings. The molecular formula is C16H20F3NO2. The van der Waals surface area contributed by atoms with Crippen molar-refractivity contribution in [3.8, 4) is 5.75 Å². The Kier molecular flexibility index (Phi) is 5.32. The number of carbonyl (C=O) groups is 1. The molecule has 1 N–H and O–H groups in total. The molecule has 1 aromatic carbocycles. The molecule has 0 spiro atoms. The predicted molar refractivity (Wildman–Crippen MR) is 76.5 cm³/mol. The normalized spacial score (nSPS) is 22.2. The largest absolute Gasteiger partial charge is 0.484 e. The first kappa shape index (κ1) is 16.6. The van der Waals surface area contributed by atoms with E-state index in [1.54, 1.807) is 0 Å². The Morgan fingerprint density at radius 3 is 2.59 bits per heavy atom. The first-order valence-electron chi connectivity index (χ1n) is 7.44. The minimum absolute atomic E-state index is 0.0437. The molecule has 0 heterocycles. The minimum atomic E-state index is -4.42. The van der Waals surface area contributed by atoms with Crippen LogP contribution in [0, 0.1) is 5.92 Å². The smallest absolute Gasteiger partial charge is 0.416 e. The van der Waals surface area contributed by atoms with Gasteiger partial charge in [0.2, 0.25) is 0 Å². The third kappa shape index (κ3) is 4.93. The molecule has 2 rings (SSSR count). The summed E-state index contributed by atoms with van der Waals surface area (Å²) >= 11 is 0. The lowest BCUT2D eigenvalue weighted by atomic mass is 9.87. The molecule has 0 unspecified atom stereocenters. The Hall–Kier alpha value is -1.72. The quantitative estimate of drug-likeness (QED) is 0.918. The molecule has 22 heavy (non-hydrogen) atoms. The second-order valence-electron chi connectivity index (χ2n) is 5.84. The number of halogens is 3. The van der Waals surface area contributed by atoms with Crippen LogP contribution in [0.2, 0.25) is 0 Å². The highest BCUT2D eigenvalue weighted by Gasteiger charge is 2.30. The highest BCUT2D eigenvalue weighted by atomic mass is 19.4. The van der Waals surface area contributed by atoms with Crippen molar-refractivity contribution in [2.75, 3.05) is 6.61 Å². The lowest BCUT2D eigenvalue weighted by Crippen LogP contribution is -2.39. The lowest BCUT2D eigenvalue weighted by Gasteiger charge is -2.26. The molecule has 0 radical (unpaired) electrons. The maximum absolute atomic E-state index is 12.6. The van der Waals surface area contributed by atoms with Gasteiger partial charge in [-0.1, -0.05) is 13.0 Å². The van der Waals surface area contributed by atoms with Crippen molar-refractivity contribution in [3.05, 3.63) is 29.8 Å². The molecule has 0 bridgehead atoms. The first-order chi connectivity index (χ1) is 10.3. The monoisotopic (exact) mass is 315 g/mol. The van der Waals surface area contributed by atoms with Gasteiger partial charge in [0.1, 0.15) is 5.75 Å². The Balaban J connectivity index is 1.81. The zero-order valence-electron chi connectivity index (χ0n) is 12.5. The maximum atomic E-state index is 12.6. The second-order valence-corrected chi connectivity index (χ2v) is 5.84. The third-order valence-electron chi connectivity index (χ3n) is 3.91. The molecule has 1 aliphatic carbocycles. The van der Waals surface area contributed by atoms with Gasteiger partial charge in [-0.15, -0.1) is 0 Å². The van der Waals surface area contributed by atoms with Gasteiger partial charge in [0, 0.05) is 6.04 Å². The summed E-state index contributed by atoms with van der Waals surface area (Å²) in [4.78, 5) is 11.8. The molecule has 0 atom stereocenters. The topological polar surface area (TPSA) is 38.3 Å². The van der Waals surface area contributed by atoms with E-state index < -0.39 is 11.7 Å². The molecule has 6 heteroatoms. The molecule has 0 aromatic heterocycles. The summed E-state index contributed by atoms with van der Waals surface area (Å²) in [5.74, 6) is 0.439. The van der Waals surface area contributed by atoms with E-state index >= 15 is 0 Å². The molecule has 122 valence electrons. The van der Waals surface area contributed by atoms with Gasteiger partial charge in [-0.2, -0.15) is 13.2 Å². The fourth-order valence-corrected chi connectivity index (χ4v) is 2.58. The van der Waals surface area contributed by atoms with Crippen molar-refractivity contribution < 1.29 is 22.7 Å². The molecule has 0 saturated heterocycles. The fraction of sp³-hybridized carbons (Fsp3) is 0.562. The van der Waals surface area contributed by atoms with E-state index in [0.717, 1.165) is 37.8 Å². The number of nitrogens with one attached hydrogen (secondary N) is 1. The van der Waals surface area contributed by atoms with Crippen LogP contribution < -0.4 is 10.1 Å². The van der Waals surface area contributed by atoms with Gasteiger partial charge in [-0.05, 0) is 49.8 Å². The SMILES string of the molecule is CC1CCC(NC(=O)COc2cccc(C(F)(F)F)c2)CC1. The number of rotatable bonds is 4. The number of ether oxygens (including phenoxy) is 1. The van der Waals surface area contributed by atoms with E-state index in [4.69, 9.17) is 4.74 Å². The van der Waals surface area contributed by atoms with Crippen LogP contribution >= 0.6 is 0 Å². The average Bonchev–Trinajstić information content (AvgIpc) is 2.47. The summed E-state index contributed by atoms with van der Waals surface area (Å²) in [7, 11) is 0. The van der Waals surface area contributed by atoms with Gasteiger partial charge < -0.3 is 10.1 Å². The van der Waals surface area contributed by atoms with Gasteiger partial charge in [0.15, 0.2) is 6.61 Å². The van der Waals surface area contributed by atoms with Crippen LogP contribution in [-0.4, -0.2) is 18.6 Å². The van der Waals surface area contributed by atoms with Gasteiger partial charge in [0.25, 0.3) is 5.91 Å². The summed E-state index contributed by atoms with van der Waals surface area (Å²) < 4.78 is 42.9. The van der Waals surface area contributed by atoms with Crippen molar-refractivity contribution in [3.63, 3.8) is 0 Å². The van der Waals surface area contributed by atoms with Gasteiger partial charge in [-0.25, -0.2) is 0 Å². The maximum Gasteiger partial charge on any atom is 0.416 e. The number of hydrogen-bond donors (Lipinski definition) is 1. The Morgan fingerprint density at radius 1 is 1.27 bits per heavy atom. The number of benzene rings is 1. The molecule has 1 amide bonds. The lowest BCUT2D eigenvalue weighted by molar-refractivity contribution is -0.137. The van der Waals surface area contributed by atoms with E-state index in [9.17, 15) is 18.0 Å². The van der Waals surface area contributed by atoms with Crippen LogP contribution in [-0.2, 0) is 11.0 Å². The van der Waals surface area contributed by atoms with Crippen LogP contribution in [0.3, 0.4) is 0 Å². The summed E-state index contributed by atoms with van der Waals surface area (Å²) in [6.45, 7) is 1.92. The zero-order chi connectivity index (χ0) is 16.2. The minimum Gasteiger partial charge on any atom is -0.484 e. The van der Waals surface area contributed by atoms with Gasteiger partial charge >= 0.3 is 6.18 Å². The standard InChI is InChI=1S/C16H20F3NO2/c1-11-5-7-13(8-6-11)20-15(21)10-22-14-4-2-3-12(9-14)16(17,18)19/h2-4,9,11,13H,5-8,10H2,1H3,(H,20,21). The van der Waals surface area contributed by atoms with Crippen LogP contribution in [0.25, 0.3) is 0 Å². The Bertz CT molecular complexity index is 508. The number of amides is 1. The van der Waals surface area contributed by atoms with Crippen LogP contribution in [0.5, 0.6) is 5.75 Å². The van der Waals surface area contributed by atoms with Crippen LogP contribution in [0.1, 0.15) is 38.2 Å². The fourth-order valence-electron chi connectivity index (χ4n) is 2.58.